The van der Waals surface area contributed by atoms with Gasteiger partial charge >= 0.3 is 0 Å². The van der Waals surface area contributed by atoms with Gasteiger partial charge in [-0.2, -0.15) is 0 Å². The summed E-state index contributed by atoms with van der Waals surface area (Å²) in [4.78, 5) is 23.2. The number of phenols is 2. The molecule has 0 spiro atoms. The van der Waals surface area contributed by atoms with Crippen molar-refractivity contribution in [3.05, 3.63) is 23.3 Å². The van der Waals surface area contributed by atoms with Crippen LogP contribution in [0.15, 0.2) is 12.1 Å². The summed E-state index contributed by atoms with van der Waals surface area (Å²) in [6.45, 7) is 3.47. The van der Waals surface area contributed by atoms with Crippen molar-refractivity contribution in [2.45, 2.75) is 33.1 Å². The van der Waals surface area contributed by atoms with Crippen molar-refractivity contribution >= 4 is 11.6 Å². The summed E-state index contributed by atoms with van der Waals surface area (Å²) in [7, 11) is 0. The van der Waals surface area contributed by atoms with Crippen LogP contribution in [0.1, 0.15) is 42.1 Å². The van der Waals surface area contributed by atoms with E-state index in [0.29, 0.717) is 18.4 Å². The maximum Gasteiger partial charge on any atom is 0.174 e. The average molecular weight is 236 g/mol. The van der Waals surface area contributed by atoms with Crippen molar-refractivity contribution in [2.75, 3.05) is 0 Å². The summed E-state index contributed by atoms with van der Waals surface area (Å²) in [6, 6.07) is 2.49. The SMILES string of the molecule is CCCC(=O)CC(=O)c1c(C)cc(O)cc1O. The van der Waals surface area contributed by atoms with Crippen LogP contribution in [0.2, 0.25) is 0 Å². The van der Waals surface area contributed by atoms with Crippen LogP contribution in [0.3, 0.4) is 0 Å². The number of Topliss-reactive ketones (excluding diaryl/α,β-unsaturated/α-hetero) is 2. The number of hydrogen-bond donors (Lipinski definition) is 2. The minimum Gasteiger partial charge on any atom is -0.508 e. The van der Waals surface area contributed by atoms with Gasteiger partial charge in [-0.05, 0) is 25.0 Å². The van der Waals surface area contributed by atoms with Crippen LogP contribution in [-0.4, -0.2) is 21.8 Å². The summed E-state index contributed by atoms with van der Waals surface area (Å²) in [6.07, 6.45) is 0.864. The number of hydrogen-bond acceptors (Lipinski definition) is 4. The number of carbonyl (C=O) groups is 2. The number of aromatic hydroxyl groups is 2. The Labute approximate surface area is 99.9 Å². The predicted molar refractivity (Wildman–Crippen MR) is 63.4 cm³/mol. The molecule has 0 radical (unpaired) electrons. The van der Waals surface area contributed by atoms with E-state index in [0.717, 1.165) is 6.07 Å². The van der Waals surface area contributed by atoms with Crippen LogP contribution in [0.4, 0.5) is 0 Å². The van der Waals surface area contributed by atoms with Gasteiger partial charge in [0.05, 0.1) is 12.0 Å². The molecule has 0 aliphatic rings. The fourth-order valence-corrected chi connectivity index (χ4v) is 1.75. The molecule has 0 aliphatic heterocycles. The molecule has 0 atom stereocenters. The molecule has 2 N–H and O–H groups in total. The molecule has 1 rings (SSSR count). The molecule has 0 aliphatic carbocycles. The third kappa shape index (κ3) is 3.31. The van der Waals surface area contributed by atoms with Gasteiger partial charge in [0, 0.05) is 12.5 Å². The van der Waals surface area contributed by atoms with E-state index < -0.39 is 5.78 Å². The Bertz CT molecular complexity index is 426. The Morgan fingerprint density at radius 2 is 1.88 bits per heavy atom. The van der Waals surface area contributed by atoms with Crippen molar-refractivity contribution in [3.63, 3.8) is 0 Å². The van der Waals surface area contributed by atoms with Gasteiger partial charge in [0.2, 0.25) is 0 Å². The van der Waals surface area contributed by atoms with Gasteiger partial charge in [0.25, 0.3) is 0 Å². The van der Waals surface area contributed by atoms with Crippen molar-refractivity contribution in [1.82, 2.24) is 0 Å². The topological polar surface area (TPSA) is 74.6 Å². The van der Waals surface area contributed by atoms with Gasteiger partial charge < -0.3 is 10.2 Å². The van der Waals surface area contributed by atoms with Gasteiger partial charge in [-0.3, -0.25) is 9.59 Å². The quantitative estimate of drug-likeness (QED) is 0.608. The molecule has 4 nitrogen and oxygen atoms in total. The second kappa shape index (κ2) is 5.48. The molecule has 0 saturated heterocycles. The Kier molecular flexibility index (Phi) is 4.26. The number of rotatable bonds is 5. The Morgan fingerprint density at radius 1 is 1.24 bits per heavy atom. The molecule has 1 aromatic rings. The highest BCUT2D eigenvalue weighted by atomic mass is 16.3. The van der Waals surface area contributed by atoms with Gasteiger partial charge in [0.1, 0.15) is 17.3 Å². The smallest absolute Gasteiger partial charge is 0.174 e. The molecule has 0 aromatic heterocycles. The fourth-order valence-electron chi connectivity index (χ4n) is 1.75. The number of ketones is 2. The second-order valence-corrected chi connectivity index (χ2v) is 4.05. The van der Waals surface area contributed by atoms with E-state index in [1.54, 1.807) is 6.92 Å². The number of benzene rings is 1. The zero-order valence-corrected chi connectivity index (χ0v) is 9.99. The lowest BCUT2D eigenvalue weighted by Crippen LogP contribution is -2.09. The summed E-state index contributed by atoms with van der Waals surface area (Å²) >= 11 is 0. The minimum atomic E-state index is -0.404. The molecule has 0 bridgehead atoms. The van der Waals surface area contributed by atoms with Crippen molar-refractivity contribution in [3.8, 4) is 11.5 Å². The summed E-state index contributed by atoms with van der Waals surface area (Å²) in [5.74, 6) is -0.920. The lowest BCUT2D eigenvalue weighted by molar-refractivity contribution is -0.118. The molecule has 0 unspecified atom stereocenters. The highest BCUT2D eigenvalue weighted by Crippen LogP contribution is 2.27. The first kappa shape index (κ1) is 13.2. The minimum absolute atomic E-state index is 0.101. The van der Waals surface area contributed by atoms with Crippen LogP contribution in [0.5, 0.6) is 11.5 Å². The van der Waals surface area contributed by atoms with E-state index in [9.17, 15) is 19.8 Å². The number of aryl methyl sites for hydroxylation is 1. The van der Waals surface area contributed by atoms with Crippen LogP contribution in [-0.2, 0) is 4.79 Å². The third-order valence-electron chi connectivity index (χ3n) is 2.46. The van der Waals surface area contributed by atoms with E-state index in [-0.39, 0.29) is 29.3 Å². The summed E-state index contributed by atoms with van der Waals surface area (Å²) in [5.41, 5.74) is 0.587. The van der Waals surface area contributed by atoms with Crippen LogP contribution in [0, 0.1) is 6.92 Å². The molecule has 0 fully saturated rings. The monoisotopic (exact) mass is 236 g/mol. The normalized spacial score (nSPS) is 10.2. The van der Waals surface area contributed by atoms with Gasteiger partial charge in [0.15, 0.2) is 5.78 Å². The first-order valence-corrected chi connectivity index (χ1v) is 5.53. The lowest BCUT2D eigenvalue weighted by Gasteiger charge is -2.07. The van der Waals surface area contributed by atoms with Gasteiger partial charge in [-0.1, -0.05) is 6.92 Å². The number of carbonyl (C=O) groups excluding carboxylic acids is 2. The zero-order chi connectivity index (χ0) is 13.0. The van der Waals surface area contributed by atoms with E-state index in [4.69, 9.17) is 0 Å². The van der Waals surface area contributed by atoms with E-state index in [2.05, 4.69) is 0 Å². The fraction of sp³-hybridized carbons (Fsp3) is 0.385. The van der Waals surface area contributed by atoms with Gasteiger partial charge in [-0.15, -0.1) is 0 Å². The van der Waals surface area contributed by atoms with Crippen molar-refractivity contribution < 1.29 is 19.8 Å². The molecule has 92 valence electrons. The summed E-state index contributed by atoms with van der Waals surface area (Å²) < 4.78 is 0. The van der Waals surface area contributed by atoms with Crippen LogP contribution in [0.25, 0.3) is 0 Å². The van der Waals surface area contributed by atoms with Crippen LogP contribution < -0.4 is 0 Å². The Morgan fingerprint density at radius 3 is 2.41 bits per heavy atom. The summed E-state index contributed by atoms with van der Waals surface area (Å²) in [5, 5.41) is 18.8. The number of phenolic OH excluding ortho intramolecular Hbond substituents is 2. The zero-order valence-electron chi connectivity index (χ0n) is 9.99. The van der Waals surface area contributed by atoms with E-state index in [1.807, 2.05) is 6.92 Å². The van der Waals surface area contributed by atoms with E-state index in [1.165, 1.54) is 6.07 Å². The van der Waals surface area contributed by atoms with Crippen molar-refractivity contribution in [2.24, 2.45) is 0 Å². The highest BCUT2D eigenvalue weighted by Gasteiger charge is 2.18. The van der Waals surface area contributed by atoms with Gasteiger partial charge in [-0.25, -0.2) is 0 Å². The largest absolute Gasteiger partial charge is 0.508 e. The average Bonchev–Trinajstić information content (AvgIpc) is 2.15. The maximum absolute atomic E-state index is 11.8. The molecule has 4 heteroatoms. The highest BCUT2D eigenvalue weighted by molar-refractivity contribution is 6.10. The standard InChI is InChI=1S/C13H16O4/c1-3-4-9(14)6-11(16)13-8(2)5-10(15)7-12(13)17/h5,7,15,17H,3-4,6H2,1-2H3. The van der Waals surface area contributed by atoms with Crippen molar-refractivity contribution in [1.29, 1.82) is 0 Å². The molecule has 0 saturated carbocycles. The lowest BCUT2D eigenvalue weighted by atomic mass is 9.98. The first-order chi connectivity index (χ1) is 7.95. The van der Waals surface area contributed by atoms with E-state index >= 15 is 0 Å². The Balaban J connectivity index is 2.93. The second-order valence-electron chi connectivity index (χ2n) is 4.05. The molecular weight excluding hydrogens is 220 g/mol. The third-order valence-corrected chi connectivity index (χ3v) is 2.46. The first-order valence-electron chi connectivity index (χ1n) is 5.53. The molecule has 0 amide bonds. The molecule has 17 heavy (non-hydrogen) atoms. The molecule has 1 aromatic carbocycles. The Hall–Kier alpha value is -1.84. The predicted octanol–water partition coefficient (Wildman–Crippen LogP) is 2.35. The molecular formula is C13H16O4. The molecule has 0 heterocycles. The maximum atomic E-state index is 11.8. The van der Waals surface area contributed by atoms with Crippen LogP contribution >= 0.6 is 0 Å².